The summed E-state index contributed by atoms with van der Waals surface area (Å²) >= 11 is 1.12. The van der Waals surface area contributed by atoms with Crippen molar-refractivity contribution in [1.29, 1.82) is 0 Å². The van der Waals surface area contributed by atoms with Gasteiger partial charge in [0.15, 0.2) is 5.13 Å². The molecule has 8 heteroatoms. The summed E-state index contributed by atoms with van der Waals surface area (Å²) in [5, 5.41) is 15.8. The molecule has 116 valence electrons. The highest BCUT2D eigenvalue weighted by Gasteiger charge is 2.25. The number of carbonyl (C=O) groups is 3. The second-order valence-corrected chi connectivity index (χ2v) is 6.07. The number of carboxylic acid groups (broad SMARTS) is 1. The fourth-order valence-corrected chi connectivity index (χ4v) is 2.11. The molecule has 1 aromatic heterocycles. The average Bonchev–Trinajstić information content (AvgIpc) is 2.83. The van der Waals surface area contributed by atoms with Gasteiger partial charge in [0.1, 0.15) is 11.7 Å². The van der Waals surface area contributed by atoms with Crippen LogP contribution in [0.1, 0.15) is 38.2 Å². The van der Waals surface area contributed by atoms with Crippen LogP contribution >= 0.6 is 11.3 Å². The predicted molar refractivity (Wildman–Crippen MR) is 79.3 cm³/mol. The Morgan fingerprint density at radius 2 is 1.86 bits per heavy atom. The molecule has 1 atom stereocenters. The zero-order valence-electron chi connectivity index (χ0n) is 12.3. The van der Waals surface area contributed by atoms with Crippen molar-refractivity contribution in [2.75, 3.05) is 5.32 Å². The molecule has 0 aliphatic carbocycles. The van der Waals surface area contributed by atoms with E-state index in [2.05, 4.69) is 15.6 Å². The van der Waals surface area contributed by atoms with Crippen LogP contribution < -0.4 is 10.6 Å². The highest BCUT2D eigenvalue weighted by molar-refractivity contribution is 7.14. The molecule has 1 heterocycles. The van der Waals surface area contributed by atoms with E-state index >= 15 is 0 Å². The Hall–Kier alpha value is -1.96. The zero-order valence-corrected chi connectivity index (χ0v) is 13.2. The lowest BCUT2D eigenvalue weighted by Crippen LogP contribution is -2.44. The van der Waals surface area contributed by atoms with Crippen LogP contribution in [0.15, 0.2) is 5.38 Å². The number of rotatable bonds is 6. The minimum Gasteiger partial charge on any atom is -0.480 e. The Morgan fingerprint density at radius 1 is 1.24 bits per heavy atom. The highest BCUT2D eigenvalue weighted by atomic mass is 32.1. The summed E-state index contributed by atoms with van der Waals surface area (Å²) in [5.74, 6) is -2.30. The fraction of sp³-hybridized carbons (Fsp3) is 0.538. The van der Waals surface area contributed by atoms with Crippen molar-refractivity contribution >= 4 is 34.3 Å². The molecule has 0 fully saturated rings. The molecule has 0 saturated heterocycles. The molecule has 0 aliphatic heterocycles. The van der Waals surface area contributed by atoms with E-state index in [4.69, 9.17) is 5.11 Å². The predicted octanol–water partition coefficient (Wildman–Crippen LogP) is 1.58. The van der Waals surface area contributed by atoms with Crippen LogP contribution in [0, 0.1) is 11.8 Å². The third-order valence-corrected chi connectivity index (χ3v) is 3.47. The van der Waals surface area contributed by atoms with E-state index in [0.29, 0.717) is 5.13 Å². The lowest BCUT2D eigenvalue weighted by molar-refractivity contribution is -0.140. The third kappa shape index (κ3) is 4.82. The number of anilines is 1. The summed E-state index contributed by atoms with van der Waals surface area (Å²) in [6, 6.07) is -0.979. The van der Waals surface area contributed by atoms with E-state index in [1.807, 2.05) is 0 Å². The number of amides is 2. The molecule has 3 N–H and O–H groups in total. The average molecular weight is 313 g/mol. The van der Waals surface area contributed by atoms with Crippen molar-refractivity contribution in [3.63, 3.8) is 0 Å². The largest absolute Gasteiger partial charge is 0.480 e. The quantitative estimate of drug-likeness (QED) is 0.739. The first kappa shape index (κ1) is 17.1. The monoisotopic (exact) mass is 313 g/mol. The molecular formula is C13H19N3O4S. The molecule has 1 rings (SSSR count). The van der Waals surface area contributed by atoms with Crippen LogP contribution in [-0.2, 0) is 9.59 Å². The summed E-state index contributed by atoms with van der Waals surface area (Å²) in [4.78, 5) is 38.5. The van der Waals surface area contributed by atoms with Crippen molar-refractivity contribution in [2.45, 2.75) is 33.7 Å². The van der Waals surface area contributed by atoms with E-state index < -0.39 is 17.9 Å². The number of nitrogens with zero attached hydrogens (tertiary/aromatic N) is 1. The van der Waals surface area contributed by atoms with Gasteiger partial charge in [-0.1, -0.05) is 27.7 Å². The molecule has 1 aromatic rings. The first-order valence-corrected chi connectivity index (χ1v) is 7.40. The molecule has 0 saturated carbocycles. The Bertz CT molecular complexity index is 539. The maximum atomic E-state index is 12.0. The second-order valence-electron chi connectivity index (χ2n) is 5.22. The molecule has 21 heavy (non-hydrogen) atoms. The third-order valence-electron chi connectivity index (χ3n) is 2.71. The molecule has 0 bridgehead atoms. The van der Waals surface area contributed by atoms with Gasteiger partial charge in [-0.2, -0.15) is 0 Å². The number of hydrogen-bond acceptors (Lipinski definition) is 5. The summed E-state index contributed by atoms with van der Waals surface area (Å²) in [7, 11) is 0. The number of nitrogens with one attached hydrogen (secondary N) is 2. The zero-order chi connectivity index (χ0) is 16.2. The lowest BCUT2D eigenvalue weighted by Gasteiger charge is -2.16. The molecule has 0 aromatic carbocycles. The Morgan fingerprint density at radius 3 is 2.33 bits per heavy atom. The van der Waals surface area contributed by atoms with Crippen molar-refractivity contribution in [3.8, 4) is 0 Å². The fourth-order valence-electron chi connectivity index (χ4n) is 1.41. The van der Waals surface area contributed by atoms with Gasteiger partial charge in [-0.3, -0.25) is 9.59 Å². The molecule has 0 radical (unpaired) electrons. The number of thiazole rings is 1. The number of hydrogen-bond donors (Lipinski definition) is 3. The van der Waals surface area contributed by atoms with Crippen LogP contribution in [0.5, 0.6) is 0 Å². The van der Waals surface area contributed by atoms with Crippen LogP contribution in [0.25, 0.3) is 0 Å². The van der Waals surface area contributed by atoms with Gasteiger partial charge in [0.2, 0.25) is 5.91 Å². The van der Waals surface area contributed by atoms with E-state index in [0.717, 1.165) is 11.3 Å². The van der Waals surface area contributed by atoms with Gasteiger partial charge >= 0.3 is 5.97 Å². The molecular weight excluding hydrogens is 294 g/mol. The SMILES string of the molecule is CC(C)C(=O)Nc1nc(C(=O)NC(C(=O)O)C(C)C)cs1. The number of aliphatic carboxylic acids is 1. The van der Waals surface area contributed by atoms with E-state index in [-0.39, 0.29) is 23.4 Å². The first-order chi connectivity index (χ1) is 9.72. The normalized spacial score (nSPS) is 12.3. The van der Waals surface area contributed by atoms with Crippen molar-refractivity contribution in [2.24, 2.45) is 11.8 Å². The summed E-state index contributed by atoms with van der Waals surface area (Å²) in [6.07, 6.45) is 0. The first-order valence-electron chi connectivity index (χ1n) is 6.52. The van der Waals surface area contributed by atoms with Gasteiger partial charge in [0.05, 0.1) is 0 Å². The molecule has 0 aliphatic rings. The summed E-state index contributed by atoms with van der Waals surface area (Å²) in [6.45, 7) is 6.90. The minimum absolute atomic E-state index is 0.0888. The Labute approximate surface area is 126 Å². The second kappa shape index (κ2) is 7.16. The van der Waals surface area contributed by atoms with Crippen LogP contribution in [0.2, 0.25) is 0 Å². The Kier molecular flexibility index (Phi) is 5.83. The topological polar surface area (TPSA) is 108 Å². The van der Waals surface area contributed by atoms with Crippen LogP contribution in [-0.4, -0.2) is 33.9 Å². The standard InChI is InChI=1S/C13H19N3O4S/c1-6(2)9(12(19)20)15-11(18)8-5-21-13(14-8)16-10(17)7(3)4/h5-7,9H,1-4H3,(H,15,18)(H,19,20)(H,14,16,17). The van der Waals surface area contributed by atoms with Gasteiger partial charge in [-0.05, 0) is 5.92 Å². The smallest absolute Gasteiger partial charge is 0.326 e. The van der Waals surface area contributed by atoms with E-state index in [1.54, 1.807) is 27.7 Å². The van der Waals surface area contributed by atoms with Crippen LogP contribution in [0.4, 0.5) is 5.13 Å². The van der Waals surface area contributed by atoms with E-state index in [1.165, 1.54) is 5.38 Å². The van der Waals surface area contributed by atoms with Gasteiger partial charge in [-0.15, -0.1) is 11.3 Å². The maximum absolute atomic E-state index is 12.0. The number of carbonyl (C=O) groups excluding carboxylic acids is 2. The van der Waals surface area contributed by atoms with Crippen molar-refractivity contribution in [1.82, 2.24) is 10.3 Å². The van der Waals surface area contributed by atoms with Gasteiger partial charge in [0, 0.05) is 11.3 Å². The summed E-state index contributed by atoms with van der Waals surface area (Å²) < 4.78 is 0. The molecule has 7 nitrogen and oxygen atoms in total. The van der Waals surface area contributed by atoms with Gasteiger partial charge in [-0.25, -0.2) is 9.78 Å². The molecule has 0 spiro atoms. The summed E-state index contributed by atoms with van der Waals surface area (Å²) in [5.41, 5.74) is 0.0888. The van der Waals surface area contributed by atoms with Crippen LogP contribution in [0.3, 0.4) is 0 Å². The van der Waals surface area contributed by atoms with Crippen molar-refractivity contribution in [3.05, 3.63) is 11.1 Å². The lowest BCUT2D eigenvalue weighted by atomic mass is 10.0. The molecule has 1 unspecified atom stereocenters. The highest BCUT2D eigenvalue weighted by Crippen LogP contribution is 2.16. The number of carboxylic acids is 1. The van der Waals surface area contributed by atoms with Crippen molar-refractivity contribution < 1.29 is 19.5 Å². The minimum atomic E-state index is -1.10. The Balaban J connectivity index is 2.74. The van der Waals surface area contributed by atoms with Gasteiger partial charge < -0.3 is 15.7 Å². The van der Waals surface area contributed by atoms with Gasteiger partial charge in [0.25, 0.3) is 5.91 Å². The number of aromatic nitrogens is 1. The maximum Gasteiger partial charge on any atom is 0.326 e. The van der Waals surface area contributed by atoms with E-state index in [9.17, 15) is 14.4 Å². The molecule has 2 amide bonds.